The second kappa shape index (κ2) is 7.50. The molecule has 0 aliphatic carbocycles. The molecule has 1 aromatic rings. The van der Waals surface area contributed by atoms with Gasteiger partial charge in [-0.1, -0.05) is 26.0 Å². The SMILES string of the molecule is CCCS(=O)(=O)c1ccccc1N(C)CCNCC. The Morgan fingerprint density at radius 1 is 1.21 bits per heavy atom. The molecule has 0 bridgehead atoms. The van der Waals surface area contributed by atoms with Crippen molar-refractivity contribution in [3.63, 3.8) is 0 Å². The van der Waals surface area contributed by atoms with Crippen molar-refractivity contribution in [2.45, 2.75) is 25.2 Å². The third kappa shape index (κ3) is 4.51. The first-order chi connectivity index (χ1) is 9.03. The van der Waals surface area contributed by atoms with Gasteiger partial charge in [0, 0.05) is 20.1 Å². The van der Waals surface area contributed by atoms with E-state index in [1.807, 2.05) is 31.0 Å². The highest BCUT2D eigenvalue weighted by atomic mass is 32.2. The summed E-state index contributed by atoms with van der Waals surface area (Å²) < 4.78 is 24.5. The van der Waals surface area contributed by atoms with Gasteiger partial charge < -0.3 is 10.2 Å². The highest BCUT2D eigenvalue weighted by Gasteiger charge is 2.19. The van der Waals surface area contributed by atoms with Crippen LogP contribution >= 0.6 is 0 Å². The number of nitrogens with one attached hydrogen (secondary N) is 1. The molecule has 1 N–H and O–H groups in total. The molecule has 1 aromatic carbocycles. The summed E-state index contributed by atoms with van der Waals surface area (Å²) in [7, 11) is -1.25. The fourth-order valence-electron chi connectivity index (χ4n) is 1.96. The van der Waals surface area contributed by atoms with Crippen LogP contribution in [0, 0.1) is 0 Å². The molecule has 0 aliphatic rings. The van der Waals surface area contributed by atoms with E-state index in [9.17, 15) is 8.42 Å². The molecule has 0 fully saturated rings. The van der Waals surface area contributed by atoms with Crippen LogP contribution in [0.2, 0.25) is 0 Å². The largest absolute Gasteiger partial charge is 0.372 e. The number of likely N-dealkylation sites (N-methyl/N-ethyl adjacent to an activating group) is 2. The van der Waals surface area contributed by atoms with Gasteiger partial charge >= 0.3 is 0 Å². The minimum absolute atomic E-state index is 0.199. The first-order valence-electron chi connectivity index (χ1n) is 6.76. The molecule has 5 heteroatoms. The summed E-state index contributed by atoms with van der Waals surface area (Å²) in [5, 5.41) is 3.24. The van der Waals surface area contributed by atoms with E-state index in [4.69, 9.17) is 0 Å². The predicted octanol–water partition coefficient (Wildman–Crippen LogP) is 1.92. The molecule has 0 atom stereocenters. The molecule has 19 heavy (non-hydrogen) atoms. The number of sulfone groups is 1. The number of hydrogen-bond donors (Lipinski definition) is 1. The highest BCUT2D eigenvalue weighted by Crippen LogP contribution is 2.25. The van der Waals surface area contributed by atoms with Crippen molar-refractivity contribution < 1.29 is 8.42 Å². The van der Waals surface area contributed by atoms with Gasteiger partial charge in [-0.25, -0.2) is 8.42 Å². The summed E-state index contributed by atoms with van der Waals surface area (Å²) in [4.78, 5) is 2.43. The van der Waals surface area contributed by atoms with Crippen LogP contribution in [-0.4, -0.2) is 40.9 Å². The fraction of sp³-hybridized carbons (Fsp3) is 0.571. The van der Waals surface area contributed by atoms with Crippen molar-refractivity contribution >= 4 is 15.5 Å². The molecule has 0 radical (unpaired) electrons. The molecular weight excluding hydrogens is 260 g/mol. The average Bonchev–Trinajstić information content (AvgIpc) is 2.39. The highest BCUT2D eigenvalue weighted by molar-refractivity contribution is 7.91. The van der Waals surface area contributed by atoms with E-state index in [1.54, 1.807) is 12.1 Å². The Balaban J connectivity index is 2.95. The Morgan fingerprint density at radius 2 is 1.89 bits per heavy atom. The summed E-state index contributed by atoms with van der Waals surface area (Å²) in [6, 6.07) is 7.23. The zero-order chi connectivity index (χ0) is 14.3. The molecule has 0 saturated heterocycles. The standard InChI is InChI=1S/C14H24N2O2S/c1-4-12-19(17,18)14-9-7-6-8-13(14)16(3)11-10-15-5-2/h6-9,15H,4-5,10-12H2,1-3H3. The van der Waals surface area contributed by atoms with Gasteiger partial charge in [-0.2, -0.15) is 0 Å². The summed E-state index contributed by atoms with van der Waals surface area (Å²) in [6.45, 7) is 6.49. The van der Waals surface area contributed by atoms with Crippen LogP contribution in [0.15, 0.2) is 29.2 Å². The Bertz CT molecular complexity index is 486. The second-order valence-electron chi connectivity index (χ2n) is 4.56. The molecule has 0 spiro atoms. The van der Waals surface area contributed by atoms with Crippen LogP contribution in [0.3, 0.4) is 0 Å². The third-order valence-corrected chi connectivity index (χ3v) is 4.92. The normalized spacial score (nSPS) is 11.5. The number of nitrogens with zero attached hydrogens (tertiary/aromatic N) is 1. The van der Waals surface area contributed by atoms with E-state index in [-0.39, 0.29) is 5.75 Å². The zero-order valence-corrected chi connectivity index (χ0v) is 12.8. The van der Waals surface area contributed by atoms with Crippen molar-refractivity contribution in [2.75, 3.05) is 37.3 Å². The summed E-state index contributed by atoms with van der Waals surface area (Å²) in [5.74, 6) is 0.199. The number of rotatable bonds is 8. The van der Waals surface area contributed by atoms with E-state index < -0.39 is 9.84 Å². The van der Waals surface area contributed by atoms with Crippen LogP contribution in [0.5, 0.6) is 0 Å². The van der Waals surface area contributed by atoms with E-state index in [0.29, 0.717) is 11.3 Å². The van der Waals surface area contributed by atoms with Crippen molar-refractivity contribution in [1.82, 2.24) is 5.32 Å². The topological polar surface area (TPSA) is 49.4 Å². The molecule has 0 aliphatic heterocycles. The molecule has 0 saturated carbocycles. The number of hydrogen-bond acceptors (Lipinski definition) is 4. The minimum atomic E-state index is -3.18. The average molecular weight is 284 g/mol. The summed E-state index contributed by atoms with van der Waals surface area (Å²) >= 11 is 0. The van der Waals surface area contributed by atoms with Crippen LogP contribution in [-0.2, 0) is 9.84 Å². The van der Waals surface area contributed by atoms with Crippen LogP contribution in [0.1, 0.15) is 20.3 Å². The third-order valence-electron chi connectivity index (χ3n) is 2.96. The smallest absolute Gasteiger partial charge is 0.180 e. The first-order valence-corrected chi connectivity index (χ1v) is 8.41. The number of anilines is 1. The van der Waals surface area contributed by atoms with E-state index >= 15 is 0 Å². The maximum atomic E-state index is 12.2. The number of para-hydroxylation sites is 1. The van der Waals surface area contributed by atoms with E-state index in [1.165, 1.54) is 0 Å². The van der Waals surface area contributed by atoms with Crippen molar-refractivity contribution in [1.29, 1.82) is 0 Å². The van der Waals surface area contributed by atoms with E-state index in [0.717, 1.165) is 25.3 Å². The van der Waals surface area contributed by atoms with Crippen LogP contribution < -0.4 is 10.2 Å². The number of benzene rings is 1. The Hall–Kier alpha value is -1.07. The molecular formula is C14H24N2O2S. The Kier molecular flexibility index (Phi) is 6.31. The van der Waals surface area contributed by atoms with Gasteiger partial charge in [-0.05, 0) is 25.1 Å². The van der Waals surface area contributed by atoms with Crippen LogP contribution in [0.25, 0.3) is 0 Å². The van der Waals surface area contributed by atoms with Gasteiger partial charge in [0.2, 0.25) is 0 Å². The summed E-state index contributed by atoms with van der Waals surface area (Å²) in [5.41, 5.74) is 0.786. The maximum Gasteiger partial charge on any atom is 0.180 e. The van der Waals surface area contributed by atoms with Gasteiger partial charge in [0.15, 0.2) is 9.84 Å². The molecule has 1 rings (SSSR count). The van der Waals surface area contributed by atoms with Gasteiger partial charge in [0.1, 0.15) is 0 Å². The lowest BCUT2D eigenvalue weighted by Gasteiger charge is -2.22. The molecule has 0 heterocycles. The van der Waals surface area contributed by atoms with Crippen molar-refractivity contribution in [3.8, 4) is 0 Å². The van der Waals surface area contributed by atoms with Gasteiger partial charge in [-0.3, -0.25) is 0 Å². The lowest BCUT2D eigenvalue weighted by molar-refractivity contribution is 0.594. The molecule has 108 valence electrons. The molecule has 0 unspecified atom stereocenters. The summed E-state index contributed by atoms with van der Waals surface area (Å²) in [6.07, 6.45) is 0.637. The first kappa shape index (κ1) is 16.0. The monoisotopic (exact) mass is 284 g/mol. The maximum absolute atomic E-state index is 12.2. The quantitative estimate of drug-likeness (QED) is 0.741. The van der Waals surface area contributed by atoms with E-state index in [2.05, 4.69) is 12.2 Å². The molecule has 4 nitrogen and oxygen atoms in total. The Labute approximate surface area is 116 Å². The van der Waals surface area contributed by atoms with Gasteiger partial charge in [0.05, 0.1) is 16.3 Å². The Morgan fingerprint density at radius 3 is 2.53 bits per heavy atom. The zero-order valence-electron chi connectivity index (χ0n) is 12.0. The van der Waals surface area contributed by atoms with Crippen molar-refractivity contribution in [3.05, 3.63) is 24.3 Å². The van der Waals surface area contributed by atoms with Gasteiger partial charge in [0.25, 0.3) is 0 Å². The fourth-order valence-corrected chi connectivity index (χ4v) is 3.54. The molecule has 0 amide bonds. The lowest BCUT2D eigenvalue weighted by Crippen LogP contribution is -2.30. The van der Waals surface area contributed by atoms with Crippen molar-refractivity contribution in [2.24, 2.45) is 0 Å². The molecule has 0 aromatic heterocycles. The second-order valence-corrected chi connectivity index (χ2v) is 6.64. The predicted molar refractivity (Wildman–Crippen MR) is 80.6 cm³/mol. The lowest BCUT2D eigenvalue weighted by atomic mass is 10.3. The van der Waals surface area contributed by atoms with Gasteiger partial charge in [-0.15, -0.1) is 0 Å². The minimum Gasteiger partial charge on any atom is -0.372 e. The van der Waals surface area contributed by atoms with Crippen LogP contribution in [0.4, 0.5) is 5.69 Å².